The van der Waals surface area contributed by atoms with E-state index in [1.807, 2.05) is 12.1 Å². The van der Waals surface area contributed by atoms with Crippen LogP contribution < -0.4 is 4.74 Å². The summed E-state index contributed by atoms with van der Waals surface area (Å²) in [6, 6.07) is 13.4. The van der Waals surface area contributed by atoms with Gasteiger partial charge in [0, 0.05) is 6.07 Å². The molecule has 0 fully saturated rings. The van der Waals surface area contributed by atoms with Crippen LogP contribution in [0.4, 0.5) is 4.39 Å². The molecule has 0 saturated heterocycles. The summed E-state index contributed by atoms with van der Waals surface area (Å²) in [6.07, 6.45) is 0. The first-order valence-corrected chi connectivity index (χ1v) is 5.64. The number of benzene rings is 2. The van der Waals surface area contributed by atoms with Gasteiger partial charge < -0.3 is 4.74 Å². The topological polar surface area (TPSA) is 33.0 Å². The number of ether oxygens (including phenoxy) is 1. The van der Waals surface area contributed by atoms with Crippen molar-refractivity contribution in [3.8, 4) is 11.8 Å². The van der Waals surface area contributed by atoms with Gasteiger partial charge in [0.25, 0.3) is 0 Å². The Balaban J connectivity index is 2.07. The van der Waals surface area contributed by atoms with Crippen LogP contribution in [0.1, 0.15) is 11.1 Å². The van der Waals surface area contributed by atoms with Crippen molar-refractivity contribution in [3.05, 3.63) is 64.4 Å². The molecule has 0 amide bonds. The second kappa shape index (κ2) is 5.52. The summed E-state index contributed by atoms with van der Waals surface area (Å²) in [7, 11) is 0. The molecule has 2 nitrogen and oxygen atoms in total. The van der Waals surface area contributed by atoms with Gasteiger partial charge in [-0.05, 0) is 29.8 Å². The third-order valence-corrected chi connectivity index (χ3v) is 2.66. The molecule has 0 atom stereocenters. The van der Waals surface area contributed by atoms with E-state index in [-0.39, 0.29) is 11.6 Å². The van der Waals surface area contributed by atoms with Crippen molar-refractivity contribution >= 4 is 11.6 Å². The number of rotatable bonds is 3. The van der Waals surface area contributed by atoms with Gasteiger partial charge in [-0.2, -0.15) is 5.26 Å². The molecule has 0 bridgehead atoms. The summed E-state index contributed by atoms with van der Waals surface area (Å²) in [4.78, 5) is 0. The molecule has 0 aliphatic heterocycles. The summed E-state index contributed by atoms with van der Waals surface area (Å²) in [5.74, 6) is -0.112. The molecule has 4 heteroatoms. The summed E-state index contributed by atoms with van der Waals surface area (Å²) in [5.41, 5.74) is 1.42. The first-order chi connectivity index (χ1) is 8.69. The number of hydrogen-bond donors (Lipinski definition) is 0. The maximum atomic E-state index is 13.2. The zero-order chi connectivity index (χ0) is 13.0. The minimum Gasteiger partial charge on any atom is -0.489 e. The van der Waals surface area contributed by atoms with Crippen molar-refractivity contribution in [3.63, 3.8) is 0 Å². The lowest BCUT2D eigenvalue weighted by Crippen LogP contribution is -1.96. The molecule has 2 aromatic carbocycles. The van der Waals surface area contributed by atoms with E-state index in [0.29, 0.717) is 11.3 Å². The highest BCUT2D eigenvalue weighted by atomic mass is 35.5. The van der Waals surface area contributed by atoms with Crippen LogP contribution in [0.15, 0.2) is 42.5 Å². The molecular weight excluding hydrogens is 253 g/mol. The van der Waals surface area contributed by atoms with Crippen LogP contribution in [-0.4, -0.2) is 0 Å². The summed E-state index contributed by atoms with van der Waals surface area (Å²) in [6.45, 7) is 0.274. The van der Waals surface area contributed by atoms with Crippen LogP contribution in [-0.2, 0) is 6.61 Å². The smallest absolute Gasteiger partial charge is 0.145 e. The van der Waals surface area contributed by atoms with E-state index in [1.165, 1.54) is 12.1 Å². The Morgan fingerprint density at radius 1 is 1.22 bits per heavy atom. The normalized spacial score (nSPS) is 9.83. The van der Waals surface area contributed by atoms with Gasteiger partial charge in [0.1, 0.15) is 18.2 Å². The average Bonchev–Trinajstić information content (AvgIpc) is 2.40. The summed E-state index contributed by atoms with van der Waals surface area (Å²) < 4.78 is 18.6. The van der Waals surface area contributed by atoms with Gasteiger partial charge in [-0.3, -0.25) is 0 Å². The maximum absolute atomic E-state index is 13.2. The summed E-state index contributed by atoms with van der Waals surface area (Å²) >= 11 is 5.57. The van der Waals surface area contributed by atoms with Crippen LogP contribution in [0.2, 0.25) is 5.02 Å². The molecule has 0 aromatic heterocycles. The SMILES string of the molecule is N#Cc1cccc(COc2ccc(Cl)c(F)c2)c1. The lowest BCUT2D eigenvalue weighted by Gasteiger charge is -2.07. The first-order valence-electron chi connectivity index (χ1n) is 5.26. The minimum absolute atomic E-state index is 0.0637. The second-order valence-corrected chi connectivity index (χ2v) is 4.08. The molecule has 0 unspecified atom stereocenters. The van der Waals surface area contributed by atoms with Crippen LogP contribution in [0.25, 0.3) is 0 Å². The van der Waals surface area contributed by atoms with Gasteiger partial charge in [0.05, 0.1) is 16.7 Å². The number of nitriles is 1. The van der Waals surface area contributed by atoms with Gasteiger partial charge >= 0.3 is 0 Å². The Bertz CT molecular complexity index is 607. The Morgan fingerprint density at radius 3 is 2.78 bits per heavy atom. The van der Waals surface area contributed by atoms with Crippen molar-refractivity contribution in [2.75, 3.05) is 0 Å². The first kappa shape index (κ1) is 12.4. The Kier molecular flexibility index (Phi) is 3.81. The van der Waals surface area contributed by atoms with Gasteiger partial charge in [0.2, 0.25) is 0 Å². The quantitative estimate of drug-likeness (QED) is 0.839. The monoisotopic (exact) mass is 261 g/mol. The Morgan fingerprint density at radius 2 is 2.06 bits per heavy atom. The molecule has 0 spiro atoms. The highest BCUT2D eigenvalue weighted by Gasteiger charge is 2.02. The molecule has 0 aliphatic carbocycles. The van der Waals surface area contributed by atoms with E-state index in [9.17, 15) is 4.39 Å². The molecule has 0 N–H and O–H groups in total. The van der Waals surface area contributed by atoms with E-state index >= 15 is 0 Å². The van der Waals surface area contributed by atoms with Crippen molar-refractivity contribution in [2.24, 2.45) is 0 Å². The average molecular weight is 262 g/mol. The lowest BCUT2D eigenvalue weighted by molar-refractivity contribution is 0.304. The maximum Gasteiger partial charge on any atom is 0.145 e. The van der Waals surface area contributed by atoms with Crippen molar-refractivity contribution in [1.82, 2.24) is 0 Å². The molecular formula is C14H9ClFNO. The number of hydrogen-bond acceptors (Lipinski definition) is 2. The standard InChI is InChI=1S/C14H9ClFNO/c15-13-5-4-12(7-14(13)16)18-9-11-3-1-2-10(6-11)8-17/h1-7H,9H2. The predicted molar refractivity (Wildman–Crippen MR) is 66.9 cm³/mol. The van der Waals surface area contributed by atoms with Crippen molar-refractivity contribution in [1.29, 1.82) is 5.26 Å². The predicted octanol–water partition coefficient (Wildman–Crippen LogP) is 3.93. The van der Waals surface area contributed by atoms with E-state index in [0.717, 1.165) is 5.56 Å². The van der Waals surface area contributed by atoms with Crippen molar-refractivity contribution < 1.29 is 9.13 Å². The van der Waals surface area contributed by atoms with Crippen molar-refractivity contribution in [2.45, 2.75) is 6.61 Å². The third-order valence-electron chi connectivity index (χ3n) is 2.35. The van der Waals surface area contributed by atoms with Crippen LogP contribution in [0.5, 0.6) is 5.75 Å². The number of nitrogens with zero attached hydrogens (tertiary/aromatic N) is 1. The van der Waals surface area contributed by atoms with Crippen LogP contribution in [0.3, 0.4) is 0 Å². The molecule has 18 heavy (non-hydrogen) atoms. The minimum atomic E-state index is -0.514. The zero-order valence-corrected chi connectivity index (χ0v) is 10.1. The lowest BCUT2D eigenvalue weighted by atomic mass is 10.1. The fraction of sp³-hybridized carbons (Fsp3) is 0.0714. The Labute approximate surface area is 109 Å². The molecule has 0 aliphatic rings. The fourth-order valence-electron chi connectivity index (χ4n) is 1.46. The van der Waals surface area contributed by atoms with Gasteiger partial charge in [-0.15, -0.1) is 0 Å². The van der Waals surface area contributed by atoms with E-state index < -0.39 is 5.82 Å². The highest BCUT2D eigenvalue weighted by molar-refractivity contribution is 6.30. The molecule has 2 rings (SSSR count). The highest BCUT2D eigenvalue weighted by Crippen LogP contribution is 2.21. The van der Waals surface area contributed by atoms with Crippen LogP contribution >= 0.6 is 11.6 Å². The van der Waals surface area contributed by atoms with E-state index in [4.69, 9.17) is 21.6 Å². The van der Waals surface area contributed by atoms with E-state index in [2.05, 4.69) is 0 Å². The Hall–Kier alpha value is -2.05. The van der Waals surface area contributed by atoms with Gasteiger partial charge in [0.15, 0.2) is 0 Å². The molecule has 0 saturated carbocycles. The van der Waals surface area contributed by atoms with Crippen LogP contribution in [0, 0.1) is 17.1 Å². The zero-order valence-electron chi connectivity index (χ0n) is 9.36. The number of halogens is 2. The molecule has 0 radical (unpaired) electrons. The molecule has 0 heterocycles. The second-order valence-electron chi connectivity index (χ2n) is 3.68. The largest absolute Gasteiger partial charge is 0.489 e. The third kappa shape index (κ3) is 2.99. The van der Waals surface area contributed by atoms with Gasteiger partial charge in [-0.25, -0.2) is 4.39 Å². The fourth-order valence-corrected chi connectivity index (χ4v) is 1.58. The summed E-state index contributed by atoms with van der Waals surface area (Å²) in [5, 5.41) is 8.82. The molecule has 90 valence electrons. The van der Waals surface area contributed by atoms with Gasteiger partial charge in [-0.1, -0.05) is 23.7 Å². The van der Waals surface area contributed by atoms with E-state index in [1.54, 1.807) is 24.3 Å². The molecule has 2 aromatic rings.